The van der Waals surface area contributed by atoms with E-state index in [2.05, 4.69) is 25.4 Å². The third kappa shape index (κ3) is 2.85. The summed E-state index contributed by atoms with van der Waals surface area (Å²) in [6.45, 7) is 1.94. The van der Waals surface area contributed by atoms with E-state index in [1.165, 1.54) is 16.8 Å². The number of nitrogens with one attached hydrogen (secondary N) is 1. The molecule has 3 rings (SSSR count). The van der Waals surface area contributed by atoms with Gasteiger partial charge in [0, 0.05) is 6.20 Å². The predicted molar refractivity (Wildman–Crippen MR) is 73.7 cm³/mol. The van der Waals surface area contributed by atoms with Crippen LogP contribution in [0.3, 0.4) is 0 Å². The molecule has 1 N–H and O–H groups in total. The first-order valence-corrected chi connectivity index (χ1v) is 6.51. The van der Waals surface area contributed by atoms with Crippen LogP contribution >= 0.6 is 0 Å². The fourth-order valence-electron chi connectivity index (χ4n) is 1.85. The summed E-state index contributed by atoms with van der Waals surface area (Å²) in [5, 5.41) is 14.1. The second kappa shape index (κ2) is 5.76. The Bertz CT molecular complexity index is 794. The normalized spacial score (nSPS) is 10.6. The van der Waals surface area contributed by atoms with E-state index in [1.807, 2.05) is 0 Å². The fourth-order valence-corrected chi connectivity index (χ4v) is 1.85. The molecule has 0 aliphatic heterocycles. The molecule has 0 unspecified atom stereocenters. The summed E-state index contributed by atoms with van der Waals surface area (Å²) in [6, 6.07) is 7.39. The van der Waals surface area contributed by atoms with E-state index in [0.29, 0.717) is 17.1 Å². The minimum Gasteiger partial charge on any atom is -0.345 e. The Morgan fingerprint density at radius 2 is 2.05 bits per heavy atom. The van der Waals surface area contributed by atoms with Gasteiger partial charge in [0.05, 0.1) is 12.2 Å². The van der Waals surface area contributed by atoms with Crippen molar-refractivity contribution in [3.63, 3.8) is 0 Å². The van der Waals surface area contributed by atoms with Gasteiger partial charge in [-0.2, -0.15) is 5.10 Å². The third-order valence-electron chi connectivity index (χ3n) is 3.08. The van der Waals surface area contributed by atoms with Gasteiger partial charge in [0.1, 0.15) is 17.2 Å². The highest BCUT2D eigenvalue weighted by Gasteiger charge is 2.12. The van der Waals surface area contributed by atoms with Gasteiger partial charge in [-0.1, -0.05) is 10.3 Å². The summed E-state index contributed by atoms with van der Waals surface area (Å²) in [6.07, 6.45) is 1.63. The first kappa shape index (κ1) is 13.9. The van der Waals surface area contributed by atoms with Crippen LogP contribution in [0, 0.1) is 12.7 Å². The Labute approximate surface area is 124 Å². The van der Waals surface area contributed by atoms with Crippen molar-refractivity contribution in [2.45, 2.75) is 13.5 Å². The van der Waals surface area contributed by atoms with E-state index in [-0.39, 0.29) is 24.0 Å². The SMILES string of the molecule is Cc1nonc1CNC(=O)c1ccn(-c2ccc(F)cc2)n1. The van der Waals surface area contributed by atoms with Gasteiger partial charge >= 0.3 is 0 Å². The highest BCUT2D eigenvalue weighted by Crippen LogP contribution is 2.09. The molecule has 0 fully saturated rings. The molecule has 1 amide bonds. The lowest BCUT2D eigenvalue weighted by Crippen LogP contribution is -2.24. The number of hydrogen-bond acceptors (Lipinski definition) is 5. The number of nitrogens with zero attached hydrogens (tertiary/aromatic N) is 4. The maximum atomic E-state index is 12.9. The lowest BCUT2D eigenvalue weighted by atomic mass is 10.3. The molecule has 8 heteroatoms. The lowest BCUT2D eigenvalue weighted by Gasteiger charge is -2.01. The second-order valence-electron chi connectivity index (χ2n) is 4.60. The van der Waals surface area contributed by atoms with E-state index in [0.717, 1.165) is 0 Å². The van der Waals surface area contributed by atoms with Gasteiger partial charge in [-0.3, -0.25) is 4.79 Å². The molecule has 7 nitrogen and oxygen atoms in total. The van der Waals surface area contributed by atoms with Crippen LogP contribution in [-0.4, -0.2) is 26.0 Å². The largest absolute Gasteiger partial charge is 0.345 e. The number of amides is 1. The molecule has 1 aromatic carbocycles. The minimum absolute atomic E-state index is 0.206. The highest BCUT2D eigenvalue weighted by atomic mass is 19.1. The first-order chi connectivity index (χ1) is 10.6. The lowest BCUT2D eigenvalue weighted by molar-refractivity contribution is 0.0944. The van der Waals surface area contributed by atoms with E-state index in [1.54, 1.807) is 31.3 Å². The van der Waals surface area contributed by atoms with E-state index in [9.17, 15) is 9.18 Å². The zero-order valence-corrected chi connectivity index (χ0v) is 11.7. The smallest absolute Gasteiger partial charge is 0.272 e. The summed E-state index contributed by atoms with van der Waals surface area (Å²) >= 11 is 0. The van der Waals surface area contributed by atoms with Crippen molar-refractivity contribution in [2.24, 2.45) is 0 Å². The Morgan fingerprint density at radius 3 is 2.73 bits per heavy atom. The summed E-state index contributed by atoms with van der Waals surface area (Å²) in [7, 11) is 0. The molecule has 22 heavy (non-hydrogen) atoms. The number of benzene rings is 1. The monoisotopic (exact) mass is 301 g/mol. The number of aryl methyl sites for hydroxylation is 1. The molecular weight excluding hydrogens is 289 g/mol. The van der Waals surface area contributed by atoms with Crippen molar-refractivity contribution >= 4 is 5.91 Å². The number of aromatic nitrogens is 4. The zero-order valence-electron chi connectivity index (χ0n) is 11.7. The Kier molecular flexibility index (Phi) is 3.65. The van der Waals surface area contributed by atoms with Crippen molar-refractivity contribution in [3.8, 4) is 5.69 Å². The molecule has 0 atom stereocenters. The average molecular weight is 301 g/mol. The molecule has 2 heterocycles. The quantitative estimate of drug-likeness (QED) is 0.791. The van der Waals surface area contributed by atoms with Crippen LogP contribution in [0.2, 0.25) is 0 Å². The van der Waals surface area contributed by atoms with Crippen LogP contribution < -0.4 is 5.32 Å². The predicted octanol–water partition coefficient (Wildman–Crippen LogP) is 1.63. The number of carbonyl (C=O) groups is 1. The maximum Gasteiger partial charge on any atom is 0.272 e. The van der Waals surface area contributed by atoms with Crippen LogP contribution in [0.1, 0.15) is 21.9 Å². The molecule has 0 radical (unpaired) electrons. The van der Waals surface area contributed by atoms with E-state index in [4.69, 9.17) is 0 Å². The molecule has 2 aromatic heterocycles. The number of hydrogen-bond donors (Lipinski definition) is 1. The number of halogens is 1. The average Bonchev–Trinajstić information content (AvgIpc) is 3.15. The molecule has 3 aromatic rings. The fraction of sp³-hybridized carbons (Fsp3) is 0.143. The van der Waals surface area contributed by atoms with Gasteiger partial charge < -0.3 is 5.32 Å². The van der Waals surface area contributed by atoms with E-state index < -0.39 is 0 Å². The highest BCUT2D eigenvalue weighted by molar-refractivity contribution is 5.92. The topological polar surface area (TPSA) is 85.8 Å². The van der Waals surface area contributed by atoms with Crippen LogP contribution in [0.5, 0.6) is 0 Å². The van der Waals surface area contributed by atoms with Crippen LogP contribution in [0.25, 0.3) is 5.69 Å². The molecule has 0 saturated carbocycles. The molecular formula is C14H12FN5O2. The Balaban J connectivity index is 1.69. The number of rotatable bonds is 4. The van der Waals surface area contributed by atoms with Gasteiger partial charge in [-0.05, 0) is 37.3 Å². The van der Waals surface area contributed by atoms with Crippen molar-refractivity contribution in [3.05, 3.63) is 59.4 Å². The van der Waals surface area contributed by atoms with Crippen LogP contribution in [0.15, 0.2) is 41.2 Å². The minimum atomic E-state index is -0.344. The molecule has 0 spiro atoms. The third-order valence-corrected chi connectivity index (χ3v) is 3.08. The molecule has 112 valence electrons. The van der Waals surface area contributed by atoms with Crippen molar-refractivity contribution in [1.29, 1.82) is 0 Å². The van der Waals surface area contributed by atoms with Crippen molar-refractivity contribution in [1.82, 2.24) is 25.4 Å². The van der Waals surface area contributed by atoms with Gasteiger partial charge in [-0.25, -0.2) is 13.7 Å². The summed E-state index contributed by atoms with van der Waals surface area (Å²) < 4.78 is 18.9. The molecule has 0 bridgehead atoms. The van der Waals surface area contributed by atoms with Crippen molar-refractivity contribution < 1.29 is 13.8 Å². The summed E-state index contributed by atoms with van der Waals surface area (Å²) in [5.41, 5.74) is 2.10. The number of carbonyl (C=O) groups excluding carboxylic acids is 1. The summed E-state index contributed by atoms with van der Waals surface area (Å²) in [5.74, 6) is -0.672. The van der Waals surface area contributed by atoms with Gasteiger partial charge in [-0.15, -0.1) is 0 Å². The van der Waals surface area contributed by atoms with Gasteiger partial charge in [0.25, 0.3) is 5.91 Å². The zero-order chi connectivity index (χ0) is 15.5. The van der Waals surface area contributed by atoms with Gasteiger partial charge in [0.15, 0.2) is 5.69 Å². The second-order valence-corrected chi connectivity index (χ2v) is 4.60. The van der Waals surface area contributed by atoms with Crippen molar-refractivity contribution in [2.75, 3.05) is 0 Å². The van der Waals surface area contributed by atoms with Crippen LogP contribution in [-0.2, 0) is 6.54 Å². The summed E-state index contributed by atoms with van der Waals surface area (Å²) in [4.78, 5) is 12.0. The first-order valence-electron chi connectivity index (χ1n) is 6.51. The Hall–Kier alpha value is -3.03. The van der Waals surface area contributed by atoms with Gasteiger partial charge in [0.2, 0.25) is 0 Å². The molecule has 0 saturated heterocycles. The molecule has 0 aliphatic rings. The maximum absolute atomic E-state index is 12.9. The Morgan fingerprint density at radius 1 is 1.27 bits per heavy atom. The molecule has 0 aliphatic carbocycles. The standard InChI is InChI=1S/C14H12FN5O2/c1-9-13(19-22-18-9)8-16-14(21)12-6-7-20(17-12)11-4-2-10(15)3-5-11/h2-7H,8H2,1H3,(H,16,21). The van der Waals surface area contributed by atoms with Crippen LogP contribution in [0.4, 0.5) is 4.39 Å². The van der Waals surface area contributed by atoms with E-state index >= 15 is 0 Å².